The minimum Gasteiger partial charge on any atom is -0.392 e. The van der Waals surface area contributed by atoms with Gasteiger partial charge in [0.05, 0.1) is 12.1 Å². The van der Waals surface area contributed by atoms with Crippen LogP contribution in [-0.2, 0) is 6.61 Å². The van der Waals surface area contributed by atoms with Gasteiger partial charge in [0.1, 0.15) is 0 Å². The van der Waals surface area contributed by atoms with Crippen molar-refractivity contribution in [2.45, 2.75) is 26.2 Å². The number of hydrogen-bond acceptors (Lipinski definition) is 4. The number of aliphatic hydroxyl groups excluding tert-OH is 1. The summed E-state index contributed by atoms with van der Waals surface area (Å²) >= 11 is 3.40. The summed E-state index contributed by atoms with van der Waals surface area (Å²) in [6.07, 6.45) is 1.78. The van der Waals surface area contributed by atoms with E-state index in [9.17, 15) is 5.11 Å². The van der Waals surface area contributed by atoms with Gasteiger partial charge in [-0.05, 0) is 36.4 Å². The van der Waals surface area contributed by atoms with E-state index < -0.39 is 0 Å². The highest BCUT2D eigenvalue weighted by molar-refractivity contribution is 7.99. The lowest BCUT2D eigenvalue weighted by atomic mass is 10.1. The molecule has 1 heterocycles. The van der Waals surface area contributed by atoms with Crippen molar-refractivity contribution in [2.24, 2.45) is 0 Å². The first-order valence-electron chi connectivity index (χ1n) is 8.32. The molecule has 0 radical (unpaired) electrons. The first-order chi connectivity index (χ1) is 12.8. The Morgan fingerprint density at radius 1 is 0.731 bits per heavy atom. The van der Waals surface area contributed by atoms with Gasteiger partial charge < -0.3 is 5.11 Å². The van der Waals surface area contributed by atoms with Crippen LogP contribution < -0.4 is 0 Å². The summed E-state index contributed by atoms with van der Waals surface area (Å²) in [7, 11) is 0. The van der Waals surface area contributed by atoms with E-state index in [0.29, 0.717) is 0 Å². The van der Waals surface area contributed by atoms with Crippen molar-refractivity contribution in [1.29, 1.82) is 0 Å². The number of rotatable bonds is 5. The van der Waals surface area contributed by atoms with Gasteiger partial charge in [-0.2, -0.15) is 0 Å². The van der Waals surface area contributed by atoms with Crippen molar-refractivity contribution in [2.75, 3.05) is 0 Å². The Hall–Kier alpha value is -2.27. The van der Waals surface area contributed by atoms with Gasteiger partial charge >= 0.3 is 0 Å². The zero-order valence-corrected chi connectivity index (χ0v) is 15.6. The number of benzene rings is 3. The van der Waals surface area contributed by atoms with Crippen LogP contribution in [0.1, 0.15) is 5.56 Å². The van der Waals surface area contributed by atoms with Crippen LogP contribution in [0.3, 0.4) is 0 Å². The van der Waals surface area contributed by atoms with Crippen molar-refractivity contribution in [3.63, 3.8) is 0 Å². The quantitative estimate of drug-likeness (QED) is 0.462. The van der Waals surface area contributed by atoms with E-state index in [1.165, 1.54) is 4.90 Å². The number of aromatic nitrogens is 1. The normalized spacial score (nSPS) is 11.0. The van der Waals surface area contributed by atoms with Crippen molar-refractivity contribution in [1.82, 2.24) is 4.98 Å². The molecule has 0 bridgehead atoms. The predicted octanol–water partition coefficient (Wildman–Crippen LogP) is 6.03. The van der Waals surface area contributed by atoms with Crippen molar-refractivity contribution in [3.8, 4) is 0 Å². The molecule has 0 fully saturated rings. The summed E-state index contributed by atoms with van der Waals surface area (Å²) in [4.78, 5) is 9.15. The molecule has 3 aromatic carbocycles. The van der Waals surface area contributed by atoms with Crippen LogP contribution in [0.15, 0.2) is 105 Å². The van der Waals surface area contributed by atoms with E-state index in [2.05, 4.69) is 47.4 Å². The third-order valence-electron chi connectivity index (χ3n) is 3.98. The van der Waals surface area contributed by atoms with Crippen LogP contribution in [0.25, 0.3) is 10.9 Å². The number of fused-ring (bicyclic) bond motifs is 1. The van der Waals surface area contributed by atoms with E-state index in [1.54, 1.807) is 29.7 Å². The summed E-state index contributed by atoms with van der Waals surface area (Å²) in [5.74, 6) is 0. The Morgan fingerprint density at radius 3 is 2.04 bits per heavy atom. The molecule has 0 saturated carbocycles. The second kappa shape index (κ2) is 7.96. The molecule has 4 aromatic rings. The number of aliphatic hydroxyl groups is 1. The molecule has 0 amide bonds. The lowest BCUT2D eigenvalue weighted by Gasteiger charge is -2.12. The molecular weight excluding hydrogens is 358 g/mol. The number of hydrogen-bond donors (Lipinski definition) is 1. The Morgan fingerprint density at radius 2 is 1.38 bits per heavy atom. The summed E-state index contributed by atoms with van der Waals surface area (Å²) in [5.41, 5.74) is 1.80. The van der Waals surface area contributed by atoms with Gasteiger partial charge in [-0.3, -0.25) is 4.98 Å². The molecule has 128 valence electrons. The van der Waals surface area contributed by atoms with Gasteiger partial charge in [-0.1, -0.05) is 66.0 Å². The highest BCUT2D eigenvalue weighted by Crippen LogP contribution is 2.37. The molecule has 0 aliphatic rings. The highest BCUT2D eigenvalue weighted by Gasteiger charge is 2.11. The fourth-order valence-electron chi connectivity index (χ4n) is 2.72. The van der Waals surface area contributed by atoms with Crippen molar-refractivity contribution < 1.29 is 5.11 Å². The fraction of sp³-hybridized carbons (Fsp3) is 0.0455. The summed E-state index contributed by atoms with van der Waals surface area (Å²) < 4.78 is 0. The molecule has 2 nitrogen and oxygen atoms in total. The van der Waals surface area contributed by atoms with Crippen LogP contribution in [0, 0.1) is 0 Å². The number of pyridine rings is 1. The second-order valence-corrected chi connectivity index (χ2v) is 8.01. The van der Waals surface area contributed by atoms with E-state index in [0.717, 1.165) is 31.2 Å². The Bertz CT molecular complexity index is 1020. The highest BCUT2D eigenvalue weighted by atomic mass is 32.2. The van der Waals surface area contributed by atoms with Crippen LogP contribution in [0.5, 0.6) is 0 Å². The molecule has 4 rings (SSSR count). The molecule has 0 unspecified atom stereocenters. The third-order valence-corrected chi connectivity index (χ3v) is 6.17. The standard InChI is InChI=1S/C22H17NOS2/c24-15-16-14-23-21-13-19(25-17-7-3-1-4-8-17)11-12-20(21)22(16)26-18-9-5-2-6-10-18/h1-14,24H,15H2. The maximum Gasteiger partial charge on any atom is 0.0724 e. The minimum atomic E-state index is -0.0153. The van der Waals surface area contributed by atoms with Gasteiger partial charge in [0.25, 0.3) is 0 Å². The molecule has 1 aromatic heterocycles. The van der Waals surface area contributed by atoms with Gasteiger partial charge in [0.15, 0.2) is 0 Å². The van der Waals surface area contributed by atoms with E-state index >= 15 is 0 Å². The molecule has 26 heavy (non-hydrogen) atoms. The van der Waals surface area contributed by atoms with Gasteiger partial charge in [0.2, 0.25) is 0 Å². The zero-order chi connectivity index (χ0) is 17.8. The largest absolute Gasteiger partial charge is 0.392 e. The molecule has 0 atom stereocenters. The first kappa shape index (κ1) is 17.2. The van der Waals surface area contributed by atoms with E-state index in [1.807, 2.05) is 36.4 Å². The second-order valence-electron chi connectivity index (χ2n) is 5.78. The van der Waals surface area contributed by atoms with Crippen molar-refractivity contribution >= 4 is 34.4 Å². The zero-order valence-electron chi connectivity index (χ0n) is 14.0. The Kier molecular flexibility index (Phi) is 5.25. The Balaban J connectivity index is 1.73. The first-order valence-corrected chi connectivity index (χ1v) is 9.95. The smallest absolute Gasteiger partial charge is 0.0724 e. The fourth-order valence-corrected chi connectivity index (χ4v) is 4.65. The van der Waals surface area contributed by atoms with Gasteiger partial charge in [-0.25, -0.2) is 0 Å². The average Bonchev–Trinajstić information content (AvgIpc) is 2.70. The topological polar surface area (TPSA) is 33.1 Å². The monoisotopic (exact) mass is 375 g/mol. The molecule has 1 N–H and O–H groups in total. The van der Waals surface area contributed by atoms with E-state index in [-0.39, 0.29) is 6.61 Å². The van der Waals surface area contributed by atoms with Gasteiger partial charge in [0, 0.05) is 36.7 Å². The maximum atomic E-state index is 9.75. The van der Waals surface area contributed by atoms with Crippen LogP contribution in [0.4, 0.5) is 0 Å². The van der Waals surface area contributed by atoms with Crippen LogP contribution in [-0.4, -0.2) is 10.1 Å². The van der Waals surface area contributed by atoms with Crippen molar-refractivity contribution in [3.05, 3.63) is 90.6 Å². The summed E-state index contributed by atoms with van der Waals surface area (Å²) in [6.45, 7) is -0.0153. The molecular formula is C22H17NOS2. The maximum absolute atomic E-state index is 9.75. The summed E-state index contributed by atoms with van der Waals surface area (Å²) in [6, 6.07) is 26.9. The average molecular weight is 376 g/mol. The minimum absolute atomic E-state index is 0.0153. The molecule has 0 spiro atoms. The van der Waals surface area contributed by atoms with Crippen LogP contribution >= 0.6 is 23.5 Å². The van der Waals surface area contributed by atoms with Gasteiger partial charge in [-0.15, -0.1) is 0 Å². The summed E-state index contributed by atoms with van der Waals surface area (Å²) in [5, 5.41) is 10.8. The lowest BCUT2D eigenvalue weighted by Crippen LogP contribution is -1.92. The Labute approximate surface area is 161 Å². The van der Waals surface area contributed by atoms with Crippen LogP contribution in [0.2, 0.25) is 0 Å². The predicted molar refractivity (Wildman–Crippen MR) is 109 cm³/mol. The molecule has 0 saturated heterocycles. The molecule has 0 aliphatic carbocycles. The molecule has 0 aliphatic heterocycles. The third kappa shape index (κ3) is 3.78. The molecule has 4 heteroatoms. The lowest BCUT2D eigenvalue weighted by molar-refractivity contribution is 0.279. The van der Waals surface area contributed by atoms with E-state index in [4.69, 9.17) is 0 Å². The SMILES string of the molecule is OCc1cnc2cc(Sc3ccccc3)ccc2c1Sc1ccccc1. The number of nitrogens with zero attached hydrogens (tertiary/aromatic N) is 1.